The van der Waals surface area contributed by atoms with Crippen LogP contribution in [-0.4, -0.2) is 18.3 Å². The Labute approximate surface area is 185 Å². The van der Waals surface area contributed by atoms with Crippen LogP contribution in [0.25, 0.3) is 5.57 Å². The highest BCUT2D eigenvalue weighted by atomic mass is 35.5. The van der Waals surface area contributed by atoms with E-state index in [1.54, 1.807) is 25.1 Å². The van der Waals surface area contributed by atoms with Gasteiger partial charge in [-0.2, -0.15) is 26.3 Å². The Bertz CT molecular complexity index is 1050. The molecule has 0 aliphatic rings. The maximum atomic E-state index is 13.5. The minimum Gasteiger partial charge on any atom is -0.322 e. The first-order valence-electron chi connectivity index (χ1n) is 9.17. The largest absolute Gasteiger partial charge is 0.416 e. The molecule has 32 heavy (non-hydrogen) atoms. The summed E-state index contributed by atoms with van der Waals surface area (Å²) < 4.78 is 77.3. The molecule has 0 saturated heterocycles. The van der Waals surface area contributed by atoms with Gasteiger partial charge in [0.25, 0.3) is 5.91 Å². The average molecular weight is 474 g/mol. The molecule has 1 amide bonds. The van der Waals surface area contributed by atoms with Gasteiger partial charge in [0.05, 0.1) is 12.0 Å². The number of anilines is 1. The molecule has 0 saturated carbocycles. The van der Waals surface area contributed by atoms with E-state index in [0.29, 0.717) is 34.0 Å². The first-order valence-corrected chi connectivity index (χ1v) is 9.55. The van der Waals surface area contributed by atoms with Crippen LogP contribution >= 0.6 is 11.6 Å². The monoisotopic (exact) mass is 473 g/mol. The van der Waals surface area contributed by atoms with E-state index in [0.717, 1.165) is 6.08 Å². The molecule has 0 aromatic heterocycles. The quantitative estimate of drug-likeness (QED) is 0.335. The van der Waals surface area contributed by atoms with Crippen molar-refractivity contribution in [1.29, 1.82) is 0 Å². The predicted molar refractivity (Wildman–Crippen MR) is 114 cm³/mol. The summed E-state index contributed by atoms with van der Waals surface area (Å²) in [5.41, 5.74) is -0.366. The highest BCUT2D eigenvalue weighted by Crippen LogP contribution is 2.35. The lowest BCUT2D eigenvalue weighted by atomic mass is 9.98. The number of benzene rings is 2. The lowest BCUT2D eigenvalue weighted by Gasteiger charge is -2.14. The van der Waals surface area contributed by atoms with E-state index in [9.17, 15) is 31.1 Å². The third-order valence-electron chi connectivity index (χ3n) is 4.40. The van der Waals surface area contributed by atoms with Gasteiger partial charge < -0.3 is 5.32 Å². The minimum absolute atomic E-state index is 0.0703. The second kappa shape index (κ2) is 10.1. The standard InChI is InChI=1S/C23H18ClF6NO/c1-3-17(19(23(28,29)30)7-5-13-22(25,26)27)15-9-11-16(12-10-15)31-21(32)18-6-4-8-20(24)14(18)2/h3-12H,1,13H2,2H3,(H,31,32)/b7-5-,19-17-. The van der Waals surface area contributed by atoms with Crippen molar-refractivity contribution < 1.29 is 31.1 Å². The van der Waals surface area contributed by atoms with Gasteiger partial charge in [0.1, 0.15) is 0 Å². The lowest BCUT2D eigenvalue weighted by Crippen LogP contribution is -2.14. The second-order valence-corrected chi connectivity index (χ2v) is 7.10. The van der Waals surface area contributed by atoms with Crippen LogP contribution in [0, 0.1) is 6.92 Å². The Morgan fingerprint density at radius 1 is 1.06 bits per heavy atom. The minimum atomic E-state index is -4.90. The molecule has 2 aromatic carbocycles. The van der Waals surface area contributed by atoms with Crippen molar-refractivity contribution >= 4 is 28.8 Å². The van der Waals surface area contributed by atoms with Crippen molar-refractivity contribution in [1.82, 2.24) is 0 Å². The number of hydrogen-bond donors (Lipinski definition) is 1. The zero-order valence-corrected chi connectivity index (χ0v) is 17.5. The fraction of sp³-hybridized carbons (Fsp3) is 0.174. The molecular formula is C23H18ClF6NO. The number of amides is 1. The molecule has 0 radical (unpaired) electrons. The van der Waals surface area contributed by atoms with E-state index in [-0.39, 0.29) is 11.1 Å². The van der Waals surface area contributed by atoms with Crippen LogP contribution in [0.15, 0.2) is 72.8 Å². The van der Waals surface area contributed by atoms with E-state index < -0.39 is 30.3 Å². The molecular weight excluding hydrogens is 456 g/mol. The lowest BCUT2D eigenvalue weighted by molar-refractivity contribution is -0.125. The van der Waals surface area contributed by atoms with E-state index >= 15 is 0 Å². The molecule has 0 fully saturated rings. The SMILES string of the molecule is C=C/C(=C(\C=C/CC(F)(F)F)C(F)(F)F)c1ccc(NC(=O)c2cccc(Cl)c2C)cc1. The van der Waals surface area contributed by atoms with Gasteiger partial charge in [-0.3, -0.25) is 4.79 Å². The number of nitrogens with one attached hydrogen (secondary N) is 1. The predicted octanol–water partition coefficient (Wildman–Crippen LogP) is 7.91. The zero-order valence-electron chi connectivity index (χ0n) is 16.7. The number of alkyl halides is 6. The second-order valence-electron chi connectivity index (χ2n) is 6.69. The van der Waals surface area contributed by atoms with Gasteiger partial charge in [-0.15, -0.1) is 0 Å². The molecule has 0 atom stereocenters. The number of hydrogen-bond acceptors (Lipinski definition) is 1. The molecule has 170 valence electrons. The molecule has 0 aliphatic carbocycles. The molecule has 2 rings (SSSR count). The Balaban J connectivity index is 2.34. The van der Waals surface area contributed by atoms with Gasteiger partial charge in [0.2, 0.25) is 0 Å². The van der Waals surface area contributed by atoms with Crippen molar-refractivity contribution in [2.45, 2.75) is 25.7 Å². The number of rotatable bonds is 6. The Morgan fingerprint density at radius 2 is 1.69 bits per heavy atom. The van der Waals surface area contributed by atoms with Crippen LogP contribution in [0.5, 0.6) is 0 Å². The van der Waals surface area contributed by atoms with Crippen LogP contribution in [0.1, 0.15) is 27.9 Å². The molecule has 9 heteroatoms. The van der Waals surface area contributed by atoms with Gasteiger partial charge in [-0.05, 0) is 47.9 Å². The summed E-state index contributed by atoms with van der Waals surface area (Å²) in [7, 11) is 0. The van der Waals surface area contributed by atoms with E-state index in [4.69, 9.17) is 11.6 Å². The van der Waals surface area contributed by atoms with Gasteiger partial charge in [-0.25, -0.2) is 0 Å². The van der Waals surface area contributed by atoms with Crippen LogP contribution < -0.4 is 5.32 Å². The Morgan fingerprint density at radius 3 is 2.22 bits per heavy atom. The van der Waals surface area contributed by atoms with Crippen molar-refractivity contribution in [3.8, 4) is 0 Å². The normalized spacial score (nSPS) is 13.1. The van der Waals surface area contributed by atoms with Gasteiger partial charge >= 0.3 is 12.4 Å². The molecule has 0 spiro atoms. The molecule has 2 nitrogen and oxygen atoms in total. The van der Waals surface area contributed by atoms with Crippen LogP contribution in [0.3, 0.4) is 0 Å². The summed E-state index contributed by atoms with van der Waals surface area (Å²) in [5, 5.41) is 3.03. The summed E-state index contributed by atoms with van der Waals surface area (Å²) in [5.74, 6) is -0.455. The van der Waals surface area contributed by atoms with Crippen molar-refractivity contribution in [2.75, 3.05) is 5.32 Å². The summed E-state index contributed by atoms with van der Waals surface area (Å²) in [4.78, 5) is 12.5. The smallest absolute Gasteiger partial charge is 0.322 e. The number of halogens is 7. The van der Waals surface area contributed by atoms with Gasteiger partial charge in [0.15, 0.2) is 0 Å². The summed E-state index contributed by atoms with van der Waals surface area (Å²) in [6, 6.07) is 10.2. The first-order chi connectivity index (χ1) is 14.8. The van der Waals surface area contributed by atoms with E-state index in [2.05, 4.69) is 11.9 Å². The third-order valence-corrected chi connectivity index (χ3v) is 4.81. The summed E-state index contributed by atoms with van der Waals surface area (Å²) >= 11 is 6.01. The number of carbonyl (C=O) groups is 1. The molecule has 2 aromatic rings. The topological polar surface area (TPSA) is 29.1 Å². The Hall–Kier alpha value is -3.00. The molecule has 0 aliphatic heterocycles. The number of allylic oxidation sites excluding steroid dienone is 5. The van der Waals surface area contributed by atoms with Crippen molar-refractivity contribution in [3.63, 3.8) is 0 Å². The third kappa shape index (κ3) is 6.75. The van der Waals surface area contributed by atoms with Crippen LogP contribution in [-0.2, 0) is 0 Å². The van der Waals surface area contributed by atoms with E-state index in [1.807, 2.05) is 0 Å². The maximum Gasteiger partial charge on any atom is 0.416 e. The zero-order chi connectivity index (χ0) is 24.1. The van der Waals surface area contributed by atoms with Crippen molar-refractivity contribution in [2.24, 2.45) is 0 Å². The molecule has 1 N–H and O–H groups in total. The average Bonchev–Trinajstić information content (AvgIpc) is 2.69. The fourth-order valence-corrected chi connectivity index (χ4v) is 2.99. The molecule has 0 unspecified atom stereocenters. The van der Waals surface area contributed by atoms with Crippen LogP contribution in [0.2, 0.25) is 5.02 Å². The van der Waals surface area contributed by atoms with E-state index in [1.165, 1.54) is 24.3 Å². The highest BCUT2D eigenvalue weighted by molar-refractivity contribution is 6.32. The maximum absolute atomic E-state index is 13.5. The number of carbonyl (C=O) groups excluding carboxylic acids is 1. The summed E-state index contributed by atoms with van der Waals surface area (Å²) in [6.45, 7) is 5.03. The van der Waals surface area contributed by atoms with Gasteiger partial charge in [0, 0.05) is 16.3 Å². The van der Waals surface area contributed by atoms with Crippen LogP contribution in [0.4, 0.5) is 32.0 Å². The fourth-order valence-electron chi connectivity index (χ4n) is 2.82. The molecule has 0 bridgehead atoms. The van der Waals surface area contributed by atoms with Gasteiger partial charge in [-0.1, -0.05) is 54.6 Å². The Kier molecular flexibility index (Phi) is 7.96. The summed E-state index contributed by atoms with van der Waals surface area (Å²) in [6.07, 6.45) is -9.30. The first kappa shape index (κ1) is 25.3. The van der Waals surface area contributed by atoms with Crippen molar-refractivity contribution in [3.05, 3.63) is 94.6 Å². The highest BCUT2D eigenvalue weighted by Gasteiger charge is 2.35. The molecule has 0 heterocycles.